The molecule has 0 bridgehead atoms. The molecular weight excluding hydrogens is 470 g/mol. The van der Waals surface area contributed by atoms with E-state index in [0.29, 0.717) is 37.3 Å². The smallest absolute Gasteiger partial charge is 0.255 e. The van der Waals surface area contributed by atoms with E-state index >= 15 is 0 Å². The molecule has 0 aliphatic carbocycles. The van der Waals surface area contributed by atoms with Gasteiger partial charge >= 0.3 is 0 Å². The molecule has 2 aromatic carbocycles. The second-order valence-electron chi connectivity index (χ2n) is 10.3. The van der Waals surface area contributed by atoms with Crippen molar-refractivity contribution < 1.29 is 23.9 Å². The Labute approximate surface area is 217 Å². The van der Waals surface area contributed by atoms with Gasteiger partial charge < -0.3 is 14.5 Å². The number of carbonyl (C=O) groups excluding carboxylic acids is 4. The molecule has 0 radical (unpaired) electrons. The number of piperidine rings is 2. The summed E-state index contributed by atoms with van der Waals surface area (Å²) in [6, 6.07) is 14.9. The van der Waals surface area contributed by atoms with E-state index in [1.54, 1.807) is 12.1 Å². The minimum atomic E-state index is -0.637. The number of benzene rings is 2. The highest BCUT2D eigenvalue weighted by atomic mass is 16.5. The summed E-state index contributed by atoms with van der Waals surface area (Å²) in [5, 5.41) is 2.33. The molecule has 2 saturated heterocycles. The highest BCUT2D eigenvalue weighted by Crippen LogP contribution is 2.31. The maximum atomic E-state index is 13.2. The van der Waals surface area contributed by atoms with Gasteiger partial charge in [-0.2, -0.15) is 0 Å². The fraction of sp³-hybridized carbons (Fsp3) is 0.448. The van der Waals surface area contributed by atoms with Crippen LogP contribution in [0.4, 0.5) is 0 Å². The summed E-state index contributed by atoms with van der Waals surface area (Å²) in [5.74, 6) is 0.0335. The van der Waals surface area contributed by atoms with E-state index in [0.717, 1.165) is 31.4 Å². The summed E-state index contributed by atoms with van der Waals surface area (Å²) >= 11 is 0. The number of nitrogens with zero attached hydrogens (tertiary/aromatic N) is 2. The predicted octanol–water partition coefficient (Wildman–Crippen LogP) is 3.40. The van der Waals surface area contributed by atoms with Gasteiger partial charge in [0, 0.05) is 31.5 Å². The Morgan fingerprint density at radius 3 is 2.68 bits per heavy atom. The SMILES string of the molecule is C[C@H](CC(=O)N1CCCC[C@@H]1COc1ccc2c(c1)CN(C1CCC(=O)NC1=O)C2=O)c1ccccc1. The molecule has 2 fully saturated rings. The summed E-state index contributed by atoms with van der Waals surface area (Å²) in [4.78, 5) is 53.4. The van der Waals surface area contributed by atoms with Crippen molar-refractivity contribution in [3.05, 3.63) is 65.2 Å². The van der Waals surface area contributed by atoms with Crippen LogP contribution in [-0.2, 0) is 20.9 Å². The molecule has 0 spiro atoms. The second kappa shape index (κ2) is 10.7. The van der Waals surface area contributed by atoms with E-state index in [2.05, 4.69) is 24.4 Å². The van der Waals surface area contributed by atoms with Gasteiger partial charge in [0.25, 0.3) is 5.91 Å². The molecule has 3 atom stereocenters. The largest absolute Gasteiger partial charge is 0.491 e. The Morgan fingerprint density at radius 2 is 1.89 bits per heavy atom. The number of nitrogens with one attached hydrogen (secondary N) is 1. The minimum absolute atomic E-state index is 0.0130. The van der Waals surface area contributed by atoms with Crippen LogP contribution in [0.25, 0.3) is 0 Å². The van der Waals surface area contributed by atoms with Crippen LogP contribution in [0.3, 0.4) is 0 Å². The number of fused-ring (bicyclic) bond motifs is 1. The zero-order valence-electron chi connectivity index (χ0n) is 21.2. The van der Waals surface area contributed by atoms with Crippen LogP contribution >= 0.6 is 0 Å². The Bertz CT molecular complexity index is 1200. The molecule has 37 heavy (non-hydrogen) atoms. The van der Waals surface area contributed by atoms with Crippen molar-refractivity contribution in [3.63, 3.8) is 0 Å². The van der Waals surface area contributed by atoms with Crippen LogP contribution in [0.5, 0.6) is 5.75 Å². The van der Waals surface area contributed by atoms with Crippen LogP contribution in [0.2, 0.25) is 0 Å². The van der Waals surface area contributed by atoms with Gasteiger partial charge in [0.1, 0.15) is 18.4 Å². The first-order chi connectivity index (χ1) is 17.9. The summed E-state index contributed by atoms with van der Waals surface area (Å²) in [5.41, 5.74) is 2.53. The maximum Gasteiger partial charge on any atom is 0.255 e. The molecule has 3 aliphatic heterocycles. The fourth-order valence-electron chi connectivity index (χ4n) is 5.61. The van der Waals surface area contributed by atoms with Crippen molar-refractivity contribution in [2.75, 3.05) is 13.2 Å². The maximum absolute atomic E-state index is 13.2. The van der Waals surface area contributed by atoms with Gasteiger partial charge in [-0.25, -0.2) is 0 Å². The van der Waals surface area contributed by atoms with Crippen molar-refractivity contribution in [2.45, 2.75) is 70.0 Å². The average molecular weight is 504 g/mol. The molecule has 3 heterocycles. The van der Waals surface area contributed by atoms with Crippen LogP contribution in [-0.4, -0.2) is 58.7 Å². The van der Waals surface area contributed by atoms with E-state index in [4.69, 9.17) is 4.74 Å². The Kier molecular flexibility index (Phi) is 7.26. The Balaban J connectivity index is 1.20. The van der Waals surface area contributed by atoms with Gasteiger partial charge in [-0.3, -0.25) is 24.5 Å². The summed E-state index contributed by atoms with van der Waals surface area (Å²) < 4.78 is 6.14. The molecule has 4 amide bonds. The van der Waals surface area contributed by atoms with Gasteiger partial charge in [0.05, 0.1) is 6.04 Å². The third kappa shape index (κ3) is 5.38. The van der Waals surface area contributed by atoms with Crippen molar-refractivity contribution >= 4 is 23.6 Å². The minimum Gasteiger partial charge on any atom is -0.491 e. The van der Waals surface area contributed by atoms with Crippen molar-refractivity contribution in [3.8, 4) is 5.75 Å². The number of likely N-dealkylation sites (tertiary alicyclic amines) is 1. The second-order valence-corrected chi connectivity index (χ2v) is 10.3. The molecule has 194 valence electrons. The van der Waals surface area contributed by atoms with E-state index in [9.17, 15) is 19.2 Å². The normalized spacial score (nSPS) is 22.5. The van der Waals surface area contributed by atoms with Gasteiger partial charge in [-0.05, 0) is 60.9 Å². The third-order valence-corrected chi connectivity index (χ3v) is 7.73. The van der Waals surface area contributed by atoms with E-state index < -0.39 is 11.9 Å². The first kappa shape index (κ1) is 25.0. The number of carbonyl (C=O) groups is 4. The lowest BCUT2D eigenvalue weighted by Gasteiger charge is -2.36. The van der Waals surface area contributed by atoms with Gasteiger partial charge in [-0.15, -0.1) is 0 Å². The number of rotatable bonds is 7. The highest BCUT2D eigenvalue weighted by molar-refractivity contribution is 6.05. The summed E-state index contributed by atoms with van der Waals surface area (Å²) in [6.45, 7) is 3.54. The number of imide groups is 1. The molecule has 0 aromatic heterocycles. The molecule has 1 N–H and O–H groups in total. The Hall–Kier alpha value is -3.68. The first-order valence-corrected chi connectivity index (χ1v) is 13.2. The van der Waals surface area contributed by atoms with Crippen LogP contribution in [0, 0.1) is 0 Å². The van der Waals surface area contributed by atoms with E-state index in [1.165, 1.54) is 10.5 Å². The molecule has 5 rings (SSSR count). The van der Waals surface area contributed by atoms with Gasteiger partial charge in [-0.1, -0.05) is 37.3 Å². The van der Waals surface area contributed by atoms with Crippen molar-refractivity contribution in [1.82, 2.24) is 15.1 Å². The quantitative estimate of drug-likeness (QED) is 0.585. The summed E-state index contributed by atoms with van der Waals surface area (Å²) in [6.07, 6.45) is 3.99. The van der Waals surface area contributed by atoms with Crippen LogP contribution < -0.4 is 10.1 Å². The number of hydrogen-bond donors (Lipinski definition) is 1. The molecule has 2 aromatic rings. The topological polar surface area (TPSA) is 96.0 Å². The molecule has 8 nitrogen and oxygen atoms in total. The van der Waals surface area contributed by atoms with E-state index in [-0.39, 0.29) is 36.1 Å². The zero-order chi connectivity index (χ0) is 25.9. The predicted molar refractivity (Wildman–Crippen MR) is 137 cm³/mol. The number of ether oxygens (including phenoxy) is 1. The Morgan fingerprint density at radius 1 is 1.08 bits per heavy atom. The monoisotopic (exact) mass is 503 g/mol. The average Bonchev–Trinajstić information content (AvgIpc) is 3.23. The zero-order valence-corrected chi connectivity index (χ0v) is 21.2. The van der Waals surface area contributed by atoms with Gasteiger partial charge in [0.15, 0.2) is 0 Å². The van der Waals surface area contributed by atoms with Crippen LogP contribution in [0.1, 0.15) is 72.9 Å². The molecule has 8 heteroatoms. The number of amides is 4. The van der Waals surface area contributed by atoms with Crippen molar-refractivity contribution in [1.29, 1.82) is 0 Å². The number of hydrogen-bond acceptors (Lipinski definition) is 5. The molecule has 1 unspecified atom stereocenters. The lowest BCUT2D eigenvalue weighted by atomic mass is 9.95. The molecule has 0 saturated carbocycles. The summed E-state index contributed by atoms with van der Waals surface area (Å²) in [7, 11) is 0. The van der Waals surface area contributed by atoms with Crippen molar-refractivity contribution in [2.24, 2.45) is 0 Å². The van der Waals surface area contributed by atoms with Crippen LogP contribution in [0.15, 0.2) is 48.5 Å². The van der Waals surface area contributed by atoms with Gasteiger partial charge in [0.2, 0.25) is 17.7 Å². The first-order valence-electron chi connectivity index (χ1n) is 13.2. The van der Waals surface area contributed by atoms with E-state index in [1.807, 2.05) is 29.2 Å². The highest BCUT2D eigenvalue weighted by Gasteiger charge is 2.39. The lowest BCUT2D eigenvalue weighted by Crippen LogP contribution is -2.52. The molecular formula is C29H33N3O5. The lowest BCUT2D eigenvalue weighted by molar-refractivity contribution is -0.137. The molecule has 3 aliphatic rings. The standard InChI is InChI=1S/C29H33N3O5/c1-19(20-7-3-2-4-8-20)15-27(34)31-14-6-5-9-22(31)18-37-23-10-11-24-21(16-23)17-32(29(24)36)25-12-13-26(33)30-28(25)35/h2-4,7-8,10-11,16,19,22,25H,5-6,9,12-15,17-18H2,1H3,(H,30,33,35)/t19-,22-,25?/m1/s1. The third-order valence-electron chi connectivity index (χ3n) is 7.73. The fourth-order valence-corrected chi connectivity index (χ4v) is 5.61.